The lowest BCUT2D eigenvalue weighted by Crippen LogP contribution is -2.27. The van der Waals surface area contributed by atoms with Gasteiger partial charge in [-0.3, -0.25) is 0 Å². The van der Waals surface area contributed by atoms with Gasteiger partial charge in [-0.15, -0.1) is 0 Å². The molecule has 148 valence electrons. The number of aryl methyl sites for hydroxylation is 1. The number of hydrogen-bond acceptors (Lipinski definition) is 5. The molecule has 0 aromatic heterocycles. The Morgan fingerprint density at radius 3 is 2.57 bits per heavy atom. The second kappa shape index (κ2) is 7.54. The summed E-state index contributed by atoms with van der Waals surface area (Å²) in [6, 6.07) is 6.22. The summed E-state index contributed by atoms with van der Waals surface area (Å²) >= 11 is 0. The molecule has 0 N–H and O–H groups in total. The summed E-state index contributed by atoms with van der Waals surface area (Å²) in [6.45, 7) is 5.59. The maximum Gasteiger partial charge on any atom is 0.341 e. The smallest absolute Gasteiger partial charge is 0.341 e. The van der Waals surface area contributed by atoms with Crippen LogP contribution in [0.2, 0.25) is 0 Å². The first-order valence-electron chi connectivity index (χ1n) is 8.84. The molecule has 2 aromatic carbocycles. The number of carbonyl (C=O) groups is 1. The van der Waals surface area contributed by atoms with Crippen molar-refractivity contribution in [1.29, 1.82) is 0 Å². The molecular weight excluding hydrogens is 362 g/mol. The lowest BCUT2D eigenvalue weighted by molar-refractivity contribution is 0.0466. The van der Waals surface area contributed by atoms with Crippen LogP contribution in [0.5, 0.6) is 17.2 Å². The van der Waals surface area contributed by atoms with E-state index in [0.717, 1.165) is 5.56 Å². The van der Waals surface area contributed by atoms with Crippen molar-refractivity contribution >= 4 is 12.0 Å². The van der Waals surface area contributed by atoms with Crippen molar-refractivity contribution < 1.29 is 28.1 Å². The van der Waals surface area contributed by atoms with Gasteiger partial charge in [0.05, 0.1) is 19.8 Å². The number of ether oxygens (including phenoxy) is 4. The van der Waals surface area contributed by atoms with Gasteiger partial charge in [-0.2, -0.15) is 0 Å². The maximum atomic E-state index is 14.4. The van der Waals surface area contributed by atoms with E-state index >= 15 is 0 Å². The molecule has 0 spiro atoms. The third-order valence-corrected chi connectivity index (χ3v) is 4.45. The third-order valence-electron chi connectivity index (χ3n) is 4.45. The van der Waals surface area contributed by atoms with E-state index in [9.17, 15) is 9.18 Å². The van der Waals surface area contributed by atoms with Crippen LogP contribution in [0.4, 0.5) is 4.39 Å². The fourth-order valence-corrected chi connectivity index (χ4v) is 3.09. The molecule has 1 aliphatic heterocycles. The van der Waals surface area contributed by atoms with E-state index in [0.29, 0.717) is 28.4 Å². The Morgan fingerprint density at radius 1 is 1.14 bits per heavy atom. The molecule has 0 amide bonds. The average Bonchev–Trinajstić information content (AvgIpc) is 2.64. The van der Waals surface area contributed by atoms with E-state index < -0.39 is 17.4 Å². The molecule has 0 saturated heterocycles. The SMILES string of the molecule is COc1cc(COC(=O)c2cc3c(cc2[18F])OC(C)(C)C=C3)cc(C)c1OC. The highest BCUT2D eigenvalue weighted by molar-refractivity contribution is 5.91. The van der Waals surface area contributed by atoms with Crippen molar-refractivity contribution in [3.63, 3.8) is 0 Å². The highest BCUT2D eigenvalue weighted by Crippen LogP contribution is 2.34. The Hall–Kier alpha value is -3.02. The zero-order valence-electron chi connectivity index (χ0n) is 16.6. The van der Waals surface area contributed by atoms with Crippen molar-refractivity contribution in [2.75, 3.05) is 14.2 Å². The fourth-order valence-electron chi connectivity index (χ4n) is 3.09. The maximum absolute atomic E-state index is 14.4. The molecule has 0 saturated carbocycles. The molecule has 5 nitrogen and oxygen atoms in total. The van der Waals surface area contributed by atoms with Crippen LogP contribution in [0.1, 0.15) is 40.9 Å². The van der Waals surface area contributed by atoms with Crippen molar-refractivity contribution in [3.05, 3.63) is 58.4 Å². The Bertz CT molecular complexity index is 946. The number of methoxy groups -OCH3 is 2. The lowest BCUT2D eigenvalue weighted by Gasteiger charge is -2.28. The number of fused-ring (bicyclic) bond motifs is 1. The third kappa shape index (κ3) is 3.96. The number of esters is 1. The Kier molecular flexibility index (Phi) is 5.31. The van der Waals surface area contributed by atoms with Crippen LogP contribution in [0.15, 0.2) is 30.3 Å². The molecule has 0 bridgehead atoms. The van der Waals surface area contributed by atoms with E-state index in [2.05, 4.69) is 0 Å². The molecule has 1 aliphatic rings. The molecule has 3 rings (SSSR count). The van der Waals surface area contributed by atoms with E-state index in [1.165, 1.54) is 19.2 Å². The monoisotopic (exact) mass is 385 g/mol. The molecule has 28 heavy (non-hydrogen) atoms. The fraction of sp³-hybridized carbons (Fsp3) is 0.318. The molecule has 1 heterocycles. The van der Waals surface area contributed by atoms with Gasteiger partial charge in [0.1, 0.15) is 23.8 Å². The van der Waals surface area contributed by atoms with E-state index in [1.54, 1.807) is 13.2 Å². The number of carbonyl (C=O) groups excluding carboxylic acids is 1. The Labute approximate surface area is 163 Å². The van der Waals surface area contributed by atoms with Crippen LogP contribution in [-0.2, 0) is 11.3 Å². The van der Waals surface area contributed by atoms with Gasteiger partial charge in [-0.25, -0.2) is 9.18 Å². The van der Waals surface area contributed by atoms with Crippen LogP contribution in [0.3, 0.4) is 0 Å². The van der Waals surface area contributed by atoms with Gasteiger partial charge >= 0.3 is 5.97 Å². The predicted molar refractivity (Wildman–Crippen MR) is 104 cm³/mol. The van der Waals surface area contributed by atoms with Crippen LogP contribution in [0.25, 0.3) is 6.08 Å². The van der Waals surface area contributed by atoms with Gasteiger partial charge in [0.2, 0.25) is 0 Å². The summed E-state index contributed by atoms with van der Waals surface area (Å²) in [5.74, 6) is 0.132. The number of hydrogen-bond donors (Lipinski definition) is 0. The summed E-state index contributed by atoms with van der Waals surface area (Å²) in [6.07, 6.45) is 3.67. The van der Waals surface area contributed by atoms with Crippen molar-refractivity contribution in [3.8, 4) is 17.2 Å². The van der Waals surface area contributed by atoms with Crippen molar-refractivity contribution in [2.24, 2.45) is 0 Å². The minimum Gasteiger partial charge on any atom is -0.493 e. The number of halogens is 1. The molecule has 2 aromatic rings. The van der Waals surface area contributed by atoms with E-state index in [1.807, 2.05) is 39.0 Å². The molecule has 0 radical (unpaired) electrons. The van der Waals surface area contributed by atoms with Gasteiger partial charge in [0, 0.05) is 11.6 Å². The molecule has 0 aliphatic carbocycles. The quantitative estimate of drug-likeness (QED) is 0.699. The minimum atomic E-state index is -0.744. The standard InChI is InChI=1S/C22H23FO5/c1-13-8-14(9-19(25-4)20(13)26-5)12-27-21(24)16-10-15-6-7-22(2,3)28-18(15)11-17(16)23/h6-11H,12H2,1-5H3/i23-1. The van der Waals surface area contributed by atoms with Gasteiger partial charge in [-0.1, -0.05) is 6.08 Å². The first-order valence-corrected chi connectivity index (χ1v) is 8.84. The molecule has 0 fully saturated rings. The van der Waals surface area contributed by atoms with Gasteiger partial charge < -0.3 is 18.9 Å². The summed E-state index contributed by atoms with van der Waals surface area (Å²) < 4.78 is 36.1. The zero-order valence-corrected chi connectivity index (χ0v) is 16.6. The normalized spacial score (nSPS) is 14.1. The second-order valence-electron chi connectivity index (χ2n) is 7.13. The molecule has 0 atom stereocenters. The summed E-state index contributed by atoms with van der Waals surface area (Å²) in [5.41, 5.74) is 1.54. The second-order valence-corrected chi connectivity index (χ2v) is 7.13. The molecule has 6 heteroatoms. The van der Waals surface area contributed by atoms with E-state index in [-0.39, 0.29) is 12.2 Å². The average molecular weight is 385 g/mol. The zero-order chi connectivity index (χ0) is 20.5. The minimum absolute atomic E-state index is 0.0179. The van der Waals surface area contributed by atoms with E-state index in [4.69, 9.17) is 18.9 Å². The van der Waals surface area contributed by atoms with Crippen LogP contribution in [-0.4, -0.2) is 25.8 Å². The number of rotatable bonds is 5. The summed E-state index contributed by atoms with van der Waals surface area (Å²) in [7, 11) is 3.09. The van der Waals surface area contributed by atoms with Crippen molar-refractivity contribution in [1.82, 2.24) is 0 Å². The van der Waals surface area contributed by atoms with Crippen molar-refractivity contribution in [2.45, 2.75) is 33.0 Å². The highest BCUT2D eigenvalue weighted by atomic mass is 18.2. The van der Waals surface area contributed by atoms with Crippen LogP contribution >= 0.6 is 0 Å². The number of benzene rings is 2. The lowest BCUT2D eigenvalue weighted by atomic mass is 10.0. The highest BCUT2D eigenvalue weighted by Gasteiger charge is 2.25. The van der Waals surface area contributed by atoms with Gasteiger partial charge in [0.15, 0.2) is 11.5 Å². The summed E-state index contributed by atoms with van der Waals surface area (Å²) in [5, 5.41) is 0. The molecular formula is C22H23FO5. The topological polar surface area (TPSA) is 54.0 Å². The van der Waals surface area contributed by atoms with Crippen LogP contribution < -0.4 is 14.2 Å². The van der Waals surface area contributed by atoms with Gasteiger partial charge in [0.25, 0.3) is 0 Å². The summed E-state index contributed by atoms with van der Waals surface area (Å²) in [4.78, 5) is 12.4. The van der Waals surface area contributed by atoms with Gasteiger partial charge in [-0.05, 0) is 56.2 Å². The largest absolute Gasteiger partial charge is 0.493 e. The van der Waals surface area contributed by atoms with Crippen LogP contribution in [0, 0.1) is 12.7 Å². The first kappa shape index (κ1) is 19.7. The Morgan fingerprint density at radius 2 is 1.89 bits per heavy atom. The predicted octanol–water partition coefficient (Wildman–Crippen LogP) is 4.69. The molecule has 0 unspecified atom stereocenters. The Balaban J connectivity index is 1.78. The first-order chi connectivity index (χ1) is 13.2.